The highest BCUT2D eigenvalue weighted by molar-refractivity contribution is 5.39. The van der Waals surface area contributed by atoms with Gasteiger partial charge >= 0.3 is 0 Å². The van der Waals surface area contributed by atoms with Crippen molar-refractivity contribution in [1.82, 2.24) is 0 Å². The smallest absolute Gasteiger partial charge is 0.105 e. The summed E-state index contributed by atoms with van der Waals surface area (Å²) >= 11 is 0. The Bertz CT molecular complexity index is 312. The van der Waals surface area contributed by atoms with E-state index in [0.29, 0.717) is 0 Å². The summed E-state index contributed by atoms with van der Waals surface area (Å²) in [5, 5.41) is 16.4. The molecule has 2 nitrogen and oxygen atoms in total. The molecule has 0 bridgehead atoms. The van der Waals surface area contributed by atoms with Crippen LogP contribution in [0.4, 0.5) is 0 Å². The molecular formula is C10H6O2. The highest BCUT2D eigenvalue weighted by Gasteiger charge is 1.58. The second-order valence-corrected chi connectivity index (χ2v) is 1.42. The molecule has 0 aliphatic carbocycles. The Hall–Kier alpha value is -1.84. The van der Waals surface area contributed by atoms with Crippen molar-refractivity contribution in [3.8, 4) is 47.4 Å². The van der Waals surface area contributed by atoms with E-state index in [2.05, 4.69) is 47.4 Å². The zero-order valence-corrected chi connectivity index (χ0v) is 6.31. The quantitative estimate of drug-likeness (QED) is 0.443. The Morgan fingerprint density at radius 2 is 0.917 bits per heavy atom. The molecular weight excluding hydrogens is 152 g/mol. The van der Waals surface area contributed by atoms with Crippen molar-refractivity contribution < 1.29 is 10.2 Å². The molecule has 12 heavy (non-hydrogen) atoms. The third-order valence-corrected chi connectivity index (χ3v) is 0.647. The van der Waals surface area contributed by atoms with E-state index in [1.54, 1.807) is 0 Å². The second-order valence-electron chi connectivity index (χ2n) is 1.42. The van der Waals surface area contributed by atoms with Gasteiger partial charge in [-0.25, -0.2) is 0 Å². The summed E-state index contributed by atoms with van der Waals surface area (Å²) in [6.45, 7) is -0.404. The molecule has 0 amide bonds. The molecule has 0 unspecified atom stereocenters. The van der Waals surface area contributed by atoms with Gasteiger partial charge in [0.25, 0.3) is 0 Å². The first-order valence-electron chi connectivity index (χ1n) is 3.09. The van der Waals surface area contributed by atoms with Crippen LogP contribution < -0.4 is 0 Å². The van der Waals surface area contributed by atoms with E-state index < -0.39 is 0 Å². The number of hydrogen-bond acceptors (Lipinski definition) is 2. The summed E-state index contributed by atoms with van der Waals surface area (Å²) in [6, 6.07) is 0. The van der Waals surface area contributed by atoms with Crippen LogP contribution in [0.2, 0.25) is 0 Å². The maximum atomic E-state index is 8.21. The first-order chi connectivity index (χ1) is 5.91. The molecule has 0 aliphatic heterocycles. The van der Waals surface area contributed by atoms with Crippen molar-refractivity contribution in [3.05, 3.63) is 0 Å². The fourth-order valence-corrected chi connectivity index (χ4v) is 0.292. The van der Waals surface area contributed by atoms with E-state index in [-0.39, 0.29) is 13.2 Å². The highest BCUT2D eigenvalue weighted by Crippen LogP contribution is 1.55. The highest BCUT2D eigenvalue weighted by atomic mass is 16.3. The average Bonchev–Trinajstić information content (AvgIpc) is 2.10. The lowest BCUT2D eigenvalue weighted by Crippen LogP contribution is -1.69. The minimum atomic E-state index is -0.202. The largest absolute Gasteiger partial charge is 0.384 e. The molecule has 0 atom stereocenters. The molecule has 0 rings (SSSR count). The van der Waals surface area contributed by atoms with Gasteiger partial charge in [0.2, 0.25) is 0 Å². The van der Waals surface area contributed by atoms with E-state index in [1.807, 2.05) is 0 Å². The summed E-state index contributed by atoms with van der Waals surface area (Å²) in [7, 11) is 0. The monoisotopic (exact) mass is 158 g/mol. The van der Waals surface area contributed by atoms with Gasteiger partial charge in [0, 0.05) is 0 Å². The lowest BCUT2D eigenvalue weighted by Gasteiger charge is -1.62. The molecule has 0 radical (unpaired) electrons. The van der Waals surface area contributed by atoms with Gasteiger partial charge in [-0.3, -0.25) is 0 Å². The minimum Gasteiger partial charge on any atom is -0.384 e. The lowest BCUT2D eigenvalue weighted by molar-refractivity contribution is 0.350. The molecule has 0 aromatic carbocycles. The van der Waals surface area contributed by atoms with Gasteiger partial charge in [0.15, 0.2) is 0 Å². The zero-order chi connectivity index (χ0) is 9.07. The Kier molecular flexibility index (Phi) is 7.76. The van der Waals surface area contributed by atoms with Crippen molar-refractivity contribution in [2.24, 2.45) is 0 Å². The van der Waals surface area contributed by atoms with Crippen LogP contribution >= 0.6 is 0 Å². The van der Waals surface area contributed by atoms with Crippen molar-refractivity contribution in [2.75, 3.05) is 13.2 Å². The van der Waals surface area contributed by atoms with E-state index >= 15 is 0 Å². The summed E-state index contributed by atoms with van der Waals surface area (Å²) in [4.78, 5) is 0. The lowest BCUT2D eigenvalue weighted by atomic mass is 10.5. The summed E-state index contributed by atoms with van der Waals surface area (Å²) in [5.74, 6) is 19.0. The number of rotatable bonds is 0. The predicted octanol–water partition coefficient (Wildman–Crippen LogP) is -1.02. The molecule has 0 aromatic rings. The second kappa shape index (κ2) is 9.16. The average molecular weight is 158 g/mol. The van der Waals surface area contributed by atoms with Gasteiger partial charge in [-0.05, 0) is 35.5 Å². The molecule has 58 valence electrons. The summed E-state index contributed by atoms with van der Waals surface area (Å²) in [6.07, 6.45) is 0. The first-order valence-corrected chi connectivity index (χ1v) is 3.09. The zero-order valence-electron chi connectivity index (χ0n) is 6.31. The first kappa shape index (κ1) is 10.2. The molecule has 0 saturated heterocycles. The normalized spacial score (nSPS) is 5.17. The fourth-order valence-electron chi connectivity index (χ4n) is 0.292. The molecule has 2 heteroatoms. The van der Waals surface area contributed by atoms with Crippen LogP contribution in [0, 0.1) is 47.4 Å². The van der Waals surface area contributed by atoms with Gasteiger partial charge in [-0.1, -0.05) is 11.8 Å². The van der Waals surface area contributed by atoms with E-state index in [1.165, 1.54) is 0 Å². The summed E-state index contributed by atoms with van der Waals surface area (Å²) < 4.78 is 0. The van der Waals surface area contributed by atoms with Crippen LogP contribution in [0.1, 0.15) is 0 Å². The number of aliphatic hydroxyl groups is 2. The third-order valence-electron chi connectivity index (χ3n) is 0.647. The molecule has 0 spiro atoms. The van der Waals surface area contributed by atoms with Gasteiger partial charge in [-0.15, -0.1) is 0 Å². The van der Waals surface area contributed by atoms with E-state index in [9.17, 15) is 0 Å². The van der Waals surface area contributed by atoms with Crippen LogP contribution in [0.15, 0.2) is 0 Å². The maximum absolute atomic E-state index is 8.21. The Balaban J connectivity index is 3.90. The number of hydrogen-bond donors (Lipinski definition) is 2. The SMILES string of the molecule is OCC#CC#CC#CC#CCO. The van der Waals surface area contributed by atoms with Gasteiger partial charge in [-0.2, -0.15) is 0 Å². The van der Waals surface area contributed by atoms with Gasteiger partial charge in [0.05, 0.1) is 0 Å². The molecule has 0 aliphatic rings. The Morgan fingerprint density at radius 1 is 0.583 bits per heavy atom. The van der Waals surface area contributed by atoms with Gasteiger partial charge in [0.1, 0.15) is 13.2 Å². The molecule has 0 aromatic heterocycles. The standard InChI is InChI=1S/C10H6O2/c11-9-7-5-3-1-2-4-6-8-10-12/h11-12H,9-10H2. The molecule has 0 fully saturated rings. The van der Waals surface area contributed by atoms with Crippen LogP contribution in [-0.2, 0) is 0 Å². The number of aliphatic hydroxyl groups excluding tert-OH is 2. The molecule has 0 heterocycles. The third kappa shape index (κ3) is 8.16. The topological polar surface area (TPSA) is 40.5 Å². The van der Waals surface area contributed by atoms with Crippen molar-refractivity contribution in [2.45, 2.75) is 0 Å². The van der Waals surface area contributed by atoms with Crippen molar-refractivity contribution >= 4 is 0 Å². The minimum absolute atomic E-state index is 0.202. The molecule has 0 saturated carbocycles. The summed E-state index contributed by atoms with van der Waals surface area (Å²) in [5.41, 5.74) is 0. The van der Waals surface area contributed by atoms with Crippen LogP contribution in [0.25, 0.3) is 0 Å². The van der Waals surface area contributed by atoms with Crippen molar-refractivity contribution in [3.63, 3.8) is 0 Å². The van der Waals surface area contributed by atoms with E-state index in [0.717, 1.165) is 0 Å². The predicted molar refractivity (Wildman–Crippen MR) is 45.3 cm³/mol. The van der Waals surface area contributed by atoms with E-state index in [4.69, 9.17) is 10.2 Å². The van der Waals surface area contributed by atoms with Crippen LogP contribution in [0.3, 0.4) is 0 Å². The molecule has 2 N–H and O–H groups in total. The fraction of sp³-hybridized carbons (Fsp3) is 0.200. The Morgan fingerprint density at radius 3 is 1.25 bits per heavy atom. The van der Waals surface area contributed by atoms with Crippen LogP contribution in [-0.4, -0.2) is 23.4 Å². The Labute approximate surface area is 71.6 Å². The van der Waals surface area contributed by atoms with Crippen molar-refractivity contribution in [1.29, 1.82) is 0 Å². The van der Waals surface area contributed by atoms with Crippen LogP contribution in [0.5, 0.6) is 0 Å². The maximum Gasteiger partial charge on any atom is 0.105 e. The van der Waals surface area contributed by atoms with Gasteiger partial charge < -0.3 is 10.2 Å².